The third kappa shape index (κ3) is 4.00. The fourth-order valence-electron chi connectivity index (χ4n) is 4.08. The van der Waals surface area contributed by atoms with Crippen LogP contribution in [0.4, 0.5) is 0 Å². The maximum Gasteiger partial charge on any atom is 0.124 e. The minimum atomic E-state index is 0.206. The van der Waals surface area contributed by atoms with Gasteiger partial charge in [0.15, 0.2) is 0 Å². The van der Waals surface area contributed by atoms with E-state index in [0.29, 0.717) is 6.61 Å². The molecule has 3 aromatic rings. The van der Waals surface area contributed by atoms with Crippen molar-refractivity contribution >= 4 is 10.8 Å². The molecule has 1 unspecified atom stereocenters. The quantitative estimate of drug-likeness (QED) is 0.718. The summed E-state index contributed by atoms with van der Waals surface area (Å²) in [4.78, 5) is 2.60. The van der Waals surface area contributed by atoms with Crippen LogP contribution in [0.5, 0.6) is 5.75 Å². The molecule has 3 aromatic carbocycles. The number of hydrogen-bond donors (Lipinski definition) is 1. The standard InChI is InChI=1S/C24H28N2O/c1-2-27-23-11-6-5-10-22(23)24(26-16-7-14-25-15-17-26)21-13-12-19-8-3-4-9-20(19)18-21/h3-6,8-13,18,24-25H,2,7,14-17H2,1H3. The van der Waals surface area contributed by atoms with Crippen molar-refractivity contribution in [1.82, 2.24) is 10.2 Å². The molecule has 1 N–H and O–H groups in total. The number of nitrogens with zero attached hydrogens (tertiary/aromatic N) is 1. The number of fused-ring (bicyclic) bond motifs is 1. The maximum absolute atomic E-state index is 6.01. The summed E-state index contributed by atoms with van der Waals surface area (Å²) < 4.78 is 6.01. The highest BCUT2D eigenvalue weighted by Gasteiger charge is 2.26. The van der Waals surface area contributed by atoms with Crippen LogP contribution in [0.3, 0.4) is 0 Å². The first kappa shape index (κ1) is 18.0. The van der Waals surface area contributed by atoms with Gasteiger partial charge in [-0.3, -0.25) is 4.90 Å². The Kier molecular flexibility index (Phi) is 5.71. The molecule has 0 radical (unpaired) electrons. The third-order valence-electron chi connectivity index (χ3n) is 5.34. The first-order valence-corrected chi connectivity index (χ1v) is 10.0. The molecule has 1 aliphatic heterocycles. The molecule has 0 aromatic heterocycles. The fourth-order valence-corrected chi connectivity index (χ4v) is 4.08. The molecule has 0 spiro atoms. The van der Waals surface area contributed by atoms with Gasteiger partial charge in [-0.05, 0) is 48.4 Å². The summed E-state index contributed by atoms with van der Waals surface area (Å²) >= 11 is 0. The maximum atomic E-state index is 6.01. The van der Waals surface area contributed by atoms with Crippen molar-refractivity contribution in [1.29, 1.82) is 0 Å². The number of benzene rings is 3. The monoisotopic (exact) mass is 360 g/mol. The van der Waals surface area contributed by atoms with E-state index in [1.54, 1.807) is 0 Å². The van der Waals surface area contributed by atoms with Gasteiger partial charge in [-0.2, -0.15) is 0 Å². The molecule has 1 fully saturated rings. The van der Waals surface area contributed by atoms with Crippen LogP contribution in [0.15, 0.2) is 66.7 Å². The van der Waals surface area contributed by atoms with E-state index in [9.17, 15) is 0 Å². The van der Waals surface area contributed by atoms with Gasteiger partial charge in [0.25, 0.3) is 0 Å². The molecule has 0 saturated carbocycles. The van der Waals surface area contributed by atoms with Crippen molar-refractivity contribution in [3.8, 4) is 5.75 Å². The Labute approximate surface area is 162 Å². The smallest absolute Gasteiger partial charge is 0.124 e. The highest BCUT2D eigenvalue weighted by Crippen LogP contribution is 2.36. The van der Waals surface area contributed by atoms with Gasteiger partial charge >= 0.3 is 0 Å². The van der Waals surface area contributed by atoms with Crippen LogP contribution < -0.4 is 10.1 Å². The lowest BCUT2D eigenvalue weighted by Crippen LogP contribution is -2.33. The van der Waals surface area contributed by atoms with Crippen molar-refractivity contribution in [3.05, 3.63) is 77.9 Å². The van der Waals surface area contributed by atoms with Crippen LogP contribution in [0.1, 0.15) is 30.5 Å². The van der Waals surface area contributed by atoms with Gasteiger partial charge < -0.3 is 10.1 Å². The first-order chi connectivity index (χ1) is 13.4. The first-order valence-electron chi connectivity index (χ1n) is 10.0. The molecule has 1 saturated heterocycles. The zero-order valence-corrected chi connectivity index (χ0v) is 16.0. The van der Waals surface area contributed by atoms with Gasteiger partial charge in [-0.15, -0.1) is 0 Å². The summed E-state index contributed by atoms with van der Waals surface area (Å²) in [5, 5.41) is 6.11. The van der Waals surface area contributed by atoms with Crippen molar-refractivity contribution in [2.75, 3.05) is 32.8 Å². The second-order valence-corrected chi connectivity index (χ2v) is 7.12. The average molecular weight is 361 g/mol. The number of nitrogens with one attached hydrogen (secondary N) is 1. The molecule has 0 amide bonds. The average Bonchev–Trinajstić information content (AvgIpc) is 2.99. The van der Waals surface area contributed by atoms with Crippen LogP contribution in [0, 0.1) is 0 Å². The van der Waals surface area contributed by atoms with Crippen molar-refractivity contribution in [3.63, 3.8) is 0 Å². The molecule has 3 nitrogen and oxygen atoms in total. The van der Waals surface area contributed by atoms with Gasteiger partial charge in [0.05, 0.1) is 12.6 Å². The molecule has 1 heterocycles. The molecular weight excluding hydrogens is 332 g/mol. The summed E-state index contributed by atoms with van der Waals surface area (Å²) in [5.74, 6) is 0.996. The van der Waals surface area contributed by atoms with Gasteiger partial charge in [-0.25, -0.2) is 0 Å². The number of para-hydroxylation sites is 1. The lowest BCUT2D eigenvalue weighted by Gasteiger charge is -2.32. The Morgan fingerprint density at radius 2 is 1.74 bits per heavy atom. The summed E-state index contributed by atoms with van der Waals surface area (Å²) in [6.45, 7) is 6.98. The zero-order chi connectivity index (χ0) is 18.5. The van der Waals surface area contributed by atoms with Crippen LogP contribution in [-0.2, 0) is 0 Å². The Morgan fingerprint density at radius 3 is 2.63 bits per heavy atom. The fraction of sp³-hybridized carbons (Fsp3) is 0.333. The predicted octanol–water partition coefficient (Wildman–Crippen LogP) is 4.62. The second-order valence-electron chi connectivity index (χ2n) is 7.12. The van der Waals surface area contributed by atoms with Crippen molar-refractivity contribution in [2.45, 2.75) is 19.4 Å². The third-order valence-corrected chi connectivity index (χ3v) is 5.34. The zero-order valence-electron chi connectivity index (χ0n) is 16.0. The van der Waals surface area contributed by atoms with E-state index in [4.69, 9.17) is 4.74 Å². The van der Waals surface area contributed by atoms with Crippen LogP contribution >= 0.6 is 0 Å². The van der Waals surface area contributed by atoms with E-state index in [2.05, 4.69) is 83.9 Å². The highest BCUT2D eigenvalue weighted by atomic mass is 16.5. The largest absolute Gasteiger partial charge is 0.494 e. The molecule has 4 rings (SSSR count). The minimum absolute atomic E-state index is 0.206. The van der Waals surface area contributed by atoms with Gasteiger partial charge in [0, 0.05) is 25.2 Å². The van der Waals surface area contributed by atoms with Gasteiger partial charge in [0.1, 0.15) is 5.75 Å². The normalized spacial score (nSPS) is 16.8. The van der Waals surface area contributed by atoms with Crippen LogP contribution in [0.25, 0.3) is 10.8 Å². The van der Waals surface area contributed by atoms with Crippen molar-refractivity contribution in [2.24, 2.45) is 0 Å². The Morgan fingerprint density at radius 1 is 0.926 bits per heavy atom. The second kappa shape index (κ2) is 8.55. The summed E-state index contributed by atoms with van der Waals surface area (Å²) in [5.41, 5.74) is 2.60. The van der Waals surface area contributed by atoms with E-state index in [1.807, 2.05) is 0 Å². The molecule has 1 atom stereocenters. The predicted molar refractivity (Wildman–Crippen MR) is 112 cm³/mol. The molecule has 3 heteroatoms. The Hall–Kier alpha value is -2.36. The minimum Gasteiger partial charge on any atom is -0.494 e. The van der Waals surface area contributed by atoms with Gasteiger partial charge in [-0.1, -0.05) is 54.6 Å². The topological polar surface area (TPSA) is 24.5 Å². The molecule has 0 bridgehead atoms. The van der Waals surface area contributed by atoms with Crippen molar-refractivity contribution < 1.29 is 4.74 Å². The van der Waals surface area contributed by atoms with E-state index >= 15 is 0 Å². The SMILES string of the molecule is CCOc1ccccc1C(c1ccc2ccccc2c1)N1CCCNCC1. The molecule has 27 heavy (non-hydrogen) atoms. The lowest BCUT2D eigenvalue weighted by molar-refractivity contribution is 0.233. The molecule has 0 aliphatic carbocycles. The van der Waals surface area contributed by atoms with E-state index < -0.39 is 0 Å². The molecule has 1 aliphatic rings. The van der Waals surface area contributed by atoms with Crippen LogP contribution in [0.2, 0.25) is 0 Å². The number of ether oxygens (including phenoxy) is 1. The number of hydrogen-bond acceptors (Lipinski definition) is 3. The Bertz CT molecular complexity index is 884. The highest BCUT2D eigenvalue weighted by molar-refractivity contribution is 5.83. The van der Waals surface area contributed by atoms with Crippen LogP contribution in [-0.4, -0.2) is 37.7 Å². The lowest BCUT2D eigenvalue weighted by atomic mass is 9.94. The molecular formula is C24H28N2O. The summed E-state index contributed by atoms with van der Waals surface area (Å²) in [6, 6.07) is 24.2. The summed E-state index contributed by atoms with van der Waals surface area (Å²) in [7, 11) is 0. The molecule has 140 valence electrons. The van der Waals surface area contributed by atoms with E-state index in [1.165, 1.54) is 28.3 Å². The summed E-state index contributed by atoms with van der Waals surface area (Å²) in [6.07, 6.45) is 1.17. The Balaban J connectivity index is 1.82. The number of rotatable bonds is 5. The van der Waals surface area contributed by atoms with E-state index in [0.717, 1.165) is 31.9 Å². The van der Waals surface area contributed by atoms with E-state index in [-0.39, 0.29) is 6.04 Å². The van der Waals surface area contributed by atoms with Gasteiger partial charge in [0.2, 0.25) is 0 Å².